The molecule has 0 saturated carbocycles. The van der Waals surface area contributed by atoms with E-state index in [4.69, 9.17) is 9.84 Å². The van der Waals surface area contributed by atoms with Crippen LogP contribution in [-0.4, -0.2) is 18.3 Å². The number of ether oxygens (including phenoxy) is 1. The number of alkyl halides is 2. The van der Waals surface area contributed by atoms with E-state index in [1.807, 2.05) is 0 Å². The molecule has 0 amide bonds. The average molecular weight is 200 g/mol. The Morgan fingerprint density at radius 3 is 2.93 bits per heavy atom. The fraction of sp³-hybridized carbons (Fsp3) is 0.400. The molecule has 0 radical (unpaired) electrons. The molecule has 1 aliphatic heterocycles. The van der Waals surface area contributed by atoms with Crippen LogP contribution in [-0.2, 0) is 12.3 Å². The molecule has 0 aromatic heterocycles. The molecule has 1 heterocycles. The maximum atomic E-state index is 13.2. The standard InChI is InChI=1S/C10H10F2O2/c11-10(12,6-13)8-3-1-2-7-4-5-14-9(7)8/h1-3,13H,4-6H2. The van der Waals surface area contributed by atoms with Crippen LogP contribution in [0.4, 0.5) is 8.78 Å². The van der Waals surface area contributed by atoms with Gasteiger partial charge >= 0.3 is 0 Å². The lowest BCUT2D eigenvalue weighted by molar-refractivity contribution is -0.0571. The SMILES string of the molecule is OCC(F)(F)c1cccc2c1OCC2. The van der Waals surface area contributed by atoms with Gasteiger partial charge in [-0.3, -0.25) is 0 Å². The van der Waals surface area contributed by atoms with Gasteiger partial charge in [-0.25, -0.2) is 0 Å². The minimum atomic E-state index is -3.21. The number of benzene rings is 1. The van der Waals surface area contributed by atoms with Gasteiger partial charge in [0.1, 0.15) is 12.4 Å². The summed E-state index contributed by atoms with van der Waals surface area (Å²) in [6.45, 7) is -0.749. The first-order valence-corrected chi connectivity index (χ1v) is 4.39. The molecule has 1 aromatic rings. The topological polar surface area (TPSA) is 29.5 Å². The first-order chi connectivity index (χ1) is 6.65. The number of para-hydroxylation sites is 1. The predicted octanol–water partition coefficient (Wildman–Crippen LogP) is 1.71. The van der Waals surface area contributed by atoms with Gasteiger partial charge in [0, 0.05) is 6.42 Å². The van der Waals surface area contributed by atoms with Crippen LogP contribution in [0.5, 0.6) is 5.75 Å². The van der Waals surface area contributed by atoms with Crippen molar-refractivity contribution in [3.05, 3.63) is 29.3 Å². The third-order valence-corrected chi connectivity index (χ3v) is 2.31. The lowest BCUT2D eigenvalue weighted by Gasteiger charge is -2.16. The van der Waals surface area contributed by atoms with Crippen LogP contribution in [0, 0.1) is 0 Å². The van der Waals surface area contributed by atoms with E-state index in [9.17, 15) is 8.78 Å². The van der Waals surface area contributed by atoms with E-state index in [-0.39, 0.29) is 11.3 Å². The smallest absolute Gasteiger partial charge is 0.299 e. The summed E-state index contributed by atoms with van der Waals surface area (Å²) in [7, 11) is 0. The van der Waals surface area contributed by atoms with Crippen molar-refractivity contribution in [1.29, 1.82) is 0 Å². The maximum Gasteiger partial charge on any atom is 0.299 e. The van der Waals surface area contributed by atoms with Crippen molar-refractivity contribution in [2.45, 2.75) is 12.3 Å². The summed E-state index contributed by atoms with van der Waals surface area (Å²) in [4.78, 5) is 0. The van der Waals surface area contributed by atoms with Crippen molar-refractivity contribution in [3.8, 4) is 5.75 Å². The van der Waals surface area contributed by atoms with Gasteiger partial charge in [0.15, 0.2) is 0 Å². The number of hydrogen-bond donors (Lipinski definition) is 1. The van der Waals surface area contributed by atoms with E-state index in [1.165, 1.54) is 6.07 Å². The second-order valence-corrected chi connectivity index (χ2v) is 3.25. The largest absolute Gasteiger partial charge is 0.492 e. The highest BCUT2D eigenvalue weighted by Crippen LogP contribution is 2.39. The molecular weight excluding hydrogens is 190 g/mol. The lowest BCUT2D eigenvalue weighted by atomic mass is 10.0. The minimum Gasteiger partial charge on any atom is -0.492 e. The molecule has 0 saturated heterocycles. The molecule has 0 spiro atoms. The Morgan fingerprint density at radius 1 is 1.43 bits per heavy atom. The van der Waals surface area contributed by atoms with Gasteiger partial charge in [0.2, 0.25) is 0 Å². The Labute approximate surface area is 80.1 Å². The highest BCUT2D eigenvalue weighted by atomic mass is 19.3. The second kappa shape index (κ2) is 3.20. The van der Waals surface area contributed by atoms with Crippen molar-refractivity contribution >= 4 is 0 Å². The van der Waals surface area contributed by atoms with E-state index in [1.54, 1.807) is 12.1 Å². The Hall–Kier alpha value is -1.16. The summed E-state index contributed by atoms with van der Waals surface area (Å²) in [5, 5.41) is 8.57. The van der Waals surface area contributed by atoms with Crippen LogP contribution in [0.1, 0.15) is 11.1 Å². The number of halogens is 2. The highest BCUT2D eigenvalue weighted by Gasteiger charge is 2.35. The van der Waals surface area contributed by atoms with E-state index < -0.39 is 12.5 Å². The average Bonchev–Trinajstić information content (AvgIpc) is 2.64. The zero-order chi connectivity index (χ0) is 10.2. The Morgan fingerprint density at radius 2 is 2.21 bits per heavy atom. The number of aliphatic hydroxyl groups is 1. The van der Waals surface area contributed by atoms with Crippen molar-refractivity contribution in [2.75, 3.05) is 13.2 Å². The van der Waals surface area contributed by atoms with Gasteiger partial charge < -0.3 is 9.84 Å². The molecule has 0 unspecified atom stereocenters. The van der Waals surface area contributed by atoms with Gasteiger partial charge in [-0.1, -0.05) is 12.1 Å². The third kappa shape index (κ3) is 1.35. The molecule has 0 atom stereocenters. The van der Waals surface area contributed by atoms with Crippen LogP contribution < -0.4 is 4.74 Å². The Balaban J connectivity index is 2.49. The molecule has 0 fully saturated rings. The molecule has 4 heteroatoms. The van der Waals surface area contributed by atoms with Crippen molar-refractivity contribution in [2.24, 2.45) is 0 Å². The molecule has 2 rings (SSSR count). The molecule has 76 valence electrons. The third-order valence-electron chi connectivity index (χ3n) is 2.31. The summed E-state index contributed by atoms with van der Waals surface area (Å²) in [5.74, 6) is -2.97. The first-order valence-electron chi connectivity index (χ1n) is 4.39. The van der Waals surface area contributed by atoms with Crippen LogP contribution >= 0.6 is 0 Å². The predicted molar refractivity (Wildman–Crippen MR) is 46.6 cm³/mol. The molecule has 1 N–H and O–H groups in total. The van der Waals surface area contributed by atoms with Gasteiger partial charge in [-0.15, -0.1) is 0 Å². The summed E-state index contributed by atoms with van der Waals surface area (Å²) in [5.41, 5.74) is 0.575. The van der Waals surface area contributed by atoms with Gasteiger partial charge in [0.05, 0.1) is 12.2 Å². The lowest BCUT2D eigenvalue weighted by Crippen LogP contribution is -2.19. The fourth-order valence-corrected chi connectivity index (χ4v) is 1.59. The Kier molecular flexibility index (Phi) is 2.15. The minimum absolute atomic E-state index is 0.213. The van der Waals surface area contributed by atoms with E-state index in [2.05, 4.69) is 0 Å². The molecule has 1 aromatic carbocycles. The van der Waals surface area contributed by atoms with Gasteiger partial charge in [-0.05, 0) is 11.6 Å². The fourth-order valence-electron chi connectivity index (χ4n) is 1.59. The molecular formula is C10H10F2O2. The molecule has 1 aliphatic rings. The maximum absolute atomic E-state index is 13.2. The monoisotopic (exact) mass is 200 g/mol. The first kappa shape index (κ1) is 9.40. The number of rotatable bonds is 2. The summed E-state index contributed by atoms with van der Waals surface area (Å²) < 4.78 is 31.5. The number of aliphatic hydroxyl groups excluding tert-OH is 1. The van der Waals surface area contributed by atoms with Crippen molar-refractivity contribution in [3.63, 3.8) is 0 Å². The van der Waals surface area contributed by atoms with Crippen LogP contribution in [0.15, 0.2) is 18.2 Å². The molecule has 2 nitrogen and oxygen atoms in total. The summed E-state index contributed by atoms with van der Waals surface area (Å²) >= 11 is 0. The van der Waals surface area contributed by atoms with E-state index in [0.717, 1.165) is 5.56 Å². The van der Waals surface area contributed by atoms with Crippen LogP contribution in [0.2, 0.25) is 0 Å². The zero-order valence-corrected chi connectivity index (χ0v) is 7.46. The highest BCUT2D eigenvalue weighted by molar-refractivity contribution is 5.46. The second-order valence-electron chi connectivity index (χ2n) is 3.25. The quantitative estimate of drug-likeness (QED) is 0.787. The van der Waals surface area contributed by atoms with Gasteiger partial charge in [-0.2, -0.15) is 8.78 Å². The Bertz CT molecular complexity index is 350. The number of hydrogen-bond acceptors (Lipinski definition) is 2. The van der Waals surface area contributed by atoms with Crippen molar-refractivity contribution < 1.29 is 18.6 Å². The molecule has 0 bridgehead atoms. The van der Waals surface area contributed by atoms with Crippen LogP contribution in [0.25, 0.3) is 0 Å². The number of fused-ring (bicyclic) bond motifs is 1. The van der Waals surface area contributed by atoms with Crippen LogP contribution in [0.3, 0.4) is 0 Å². The van der Waals surface area contributed by atoms with E-state index >= 15 is 0 Å². The summed E-state index contributed by atoms with van der Waals surface area (Å²) in [6.07, 6.45) is 0.657. The van der Waals surface area contributed by atoms with E-state index in [0.29, 0.717) is 13.0 Å². The molecule has 14 heavy (non-hydrogen) atoms. The normalized spacial score (nSPS) is 15.1. The molecule has 0 aliphatic carbocycles. The zero-order valence-electron chi connectivity index (χ0n) is 7.46. The summed E-state index contributed by atoms with van der Waals surface area (Å²) in [6, 6.07) is 4.62. The van der Waals surface area contributed by atoms with Crippen molar-refractivity contribution in [1.82, 2.24) is 0 Å². The van der Waals surface area contributed by atoms with Gasteiger partial charge in [0.25, 0.3) is 5.92 Å².